The van der Waals surface area contributed by atoms with Crippen LogP contribution in [0.3, 0.4) is 0 Å². The van der Waals surface area contributed by atoms with Gasteiger partial charge in [0.25, 0.3) is 0 Å². The first-order valence-electron chi connectivity index (χ1n) is 11.4. The molecule has 0 atom stereocenters. The maximum atomic E-state index is 4.84. The van der Waals surface area contributed by atoms with Crippen molar-refractivity contribution in [2.24, 2.45) is 9.98 Å². The smallest absolute Gasteiger partial charge is 1.00 e. The van der Waals surface area contributed by atoms with Crippen molar-refractivity contribution in [1.82, 2.24) is 4.98 Å². The third-order valence-electron chi connectivity index (χ3n) is 5.59. The Morgan fingerprint density at radius 1 is 0.629 bits per heavy atom. The molecule has 0 spiro atoms. The van der Waals surface area contributed by atoms with Crippen molar-refractivity contribution in [3.63, 3.8) is 0 Å². The molecule has 0 saturated carbocycles. The van der Waals surface area contributed by atoms with Gasteiger partial charge in [-0.3, -0.25) is 9.98 Å². The Balaban J connectivity index is 0. The second kappa shape index (κ2) is 17.7. The van der Waals surface area contributed by atoms with E-state index in [1.807, 2.05) is 12.4 Å². The first-order valence-corrected chi connectivity index (χ1v) is 11.4. The summed E-state index contributed by atoms with van der Waals surface area (Å²) in [6.45, 7) is 10.8. The Kier molecular flexibility index (Phi) is 17.9. The van der Waals surface area contributed by atoms with Gasteiger partial charge in [0.1, 0.15) is 0 Å². The monoisotopic (exact) mass is 575 g/mol. The van der Waals surface area contributed by atoms with Crippen LogP contribution in [0.1, 0.15) is 66.9 Å². The summed E-state index contributed by atoms with van der Waals surface area (Å²) in [6, 6.07) is 17.0. The van der Waals surface area contributed by atoms with Gasteiger partial charge in [-0.1, -0.05) is 64.1 Å². The molecule has 3 nitrogen and oxygen atoms in total. The summed E-state index contributed by atoms with van der Waals surface area (Å²) in [4.78, 5) is 14.5. The number of pyridine rings is 1. The van der Waals surface area contributed by atoms with Gasteiger partial charge in [-0.05, 0) is 72.6 Å². The number of rotatable bonds is 8. The molecule has 35 heavy (non-hydrogen) atoms. The summed E-state index contributed by atoms with van der Waals surface area (Å²) in [5, 5.41) is 0. The van der Waals surface area contributed by atoms with E-state index in [-0.39, 0.29) is 54.0 Å². The van der Waals surface area contributed by atoms with E-state index in [9.17, 15) is 0 Å². The van der Waals surface area contributed by atoms with Crippen LogP contribution in [-0.2, 0) is 42.5 Å². The minimum atomic E-state index is 0. The van der Waals surface area contributed by atoms with Crippen molar-refractivity contribution in [3.8, 4) is 0 Å². The van der Waals surface area contributed by atoms with E-state index in [0.717, 1.165) is 54.0 Å². The zero-order chi connectivity index (χ0) is 22.2. The van der Waals surface area contributed by atoms with Crippen LogP contribution in [0.4, 0.5) is 11.4 Å². The number of nitrogens with zero attached hydrogens (tertiary/aromatic N) is 3. The molecule has 0 radical (unpaired) electrons. The van der Waals surface area contributed by atoms with E-state index in [0.29, 0.717) is 0 Å². The molecular weight excluding hydrogens is 544 g/mol. The molecule has 1 heterocycles. The minimum Gasteiger partial charge on any atom is -1.00 e. The third kappa shape index (κ3) is 9.36. The van der Waals surface area contributed by atoms with Crippen LogP contribution in [0.2, 0.25) is 0 Å². The van der Waals surface area contributed by atoms with Gasteiger partial charge in [-0.25, -0.2) is 4.98 Å². The summed E-state index contributed by atoms with van der Waals surface area (Å²) < 4.78 is 0. The number of hydrogen-bond donors (Lipinski definition) is 0. The van der Waals surface area contributed by atoms with E-state index in [1.165, 1.54) is 22.3 Å². The van der Waals surface area contributed by atoms with Gasteiger partial charge in [0, 0.05) is 0 Å². The fraction of sp³-hybridized carbons (Fsp3) is 0.321. The molecule has 0 saturated heterocycles. The summed E-state index contributed by atoms with van der Waals surface area (Å²) in [7, 11) is 0. The summed E-state index contributed by atoms with van der Waals surface area (Å²) >= 11 is 0. The second-order valence-electron chi connectivity index (χ2n) is 7.77. The Bertz CT molecular complexity index is 986. The summed E-state index contributed by atoms with van der Waals surface area (Å²) in [5.74, 6) is 0. The maximum Gasteiger partial charge on any atom is 3.00 e. The van der Waals surface area contributed by atoms with Crippen LogP contribution in [0, 0.1) is 6.92 Å². The van der Waals surface area contributed by atoms with Crippen molar-refractivity contribution in [1.29, 1.82) is 0 Å². The average molecular weight is 577 g/mol. The SMILES string of the molecule is CCc1cccc(CC)c1N=Cc1cc(C)cc(C=Nc2c(CC)cccc2CC)n1.[Cl-].[Cl-].[Cl-].[Co+3]. The molecule has 3 aromatic rings. The molecule has 0 amide bonds. The molecule has 1 aromatic heterocycles. The van der Waals surface area contributed by atoms with Crippen LogP contribution in [0.5, 0.6) is 0 Å². The van der Waals surface area contributed by atoms with Crippen molar-refractivity contribution in [2.45, 2.75) is 60.3 Å². The fourth-order valence-corrected chi connectivity index (χ4v) is 3.88. The third-order valence-corrected chi connectivity index (χ3v) is 5.59. The number of aryl methyl sites for hydroxylation is 5. The molecule has 0 N–H and O–H groups in total. The molecule has 0 bridgehead atoms. The fourth-order valence-electron chi connectivity index (χ4n) is 3.88. The first kappa shape index (κ1) is 35.5. The largest absolute Gasteiger partial charge is 3.00 e. The van der Waals surface area contributed by atoms with Crippen molar-refractivity contribution >= 4 is 23.8 Å². The van der Waals surface area contributed by atoms with E-state index >= 15 is 0 Å². The number of aromatic nitrogens is 1. The molecule has 0 aliphatic rings. The van der Waals surface area contributed by atoms with Crippen LogP contribution >= 0.6 is 0 Å². The van der Waals surface area contributed by atoms with Gasteiger partial charge in [-0.15, -0.1) is 0 Å². The van der Waals surface area contributed by atoms with E-state index in [1.54, 1.807) is 0 Å². The van der Waals surface area contributed by atoms with Gasteiger partial charge in [0.15, 0.2) is 0 Å². The number of halogens is 3. The zero-order valence-electron chi connectivity index (χ0n) is 20.9. The average Bonchev–Trinajstić information content (AvgIpc) is 2.80. The first-order chi connectivity index (χ1) is 15.1. The molecule has 0 aliphatic heterocycles. The maximum absolute atomic E-state index is 4.84. The van der Waals surface area contributed by atoms with Gasteiger partial charge in [-0.2, -0.15) is 0 Å². The molecule has 0 aliphatic carbocycles. The topological polar surface area (TPSA) is 37.6 Å². The second-order valence-corrected chi connectivity index (χ2v) is 7.77. The predicted molar refractivity (Wildman–Crippen MR) is 134 cm³/mol. The Hall–Kier alpha value is -1.69. The zero-order valence-corrected chi connectivity index (χ0v) is 24.2. The van der Waals surface area contributed by atoms with Crippen molar-refractivity contribution in [3.05, 3.63) is 87.7 Å². The quantitative estimate of drug-likeness (QED) is 0.290. The molecule has 190 valence electrons. The van der Waals surface area contributed by atoms with Crippen LogP contribution < -0.4 is 37.2 Å². The van der Waals surface area contributed by atoms with Gasteiger partial charge in [0.05, 0.1) is 35.2 Å². The molecule has 3 rings (SSSR count). The summed E-state index contributed by atoms with van der Waals surface area (Å²) in [5.41, 5.74) is 10.1. The van der Waals surface area contributed by atoms with Gasteiger partial charge >= 0.3 is 16.8 Å². The number of benzene rings is 2. The molecule has 0 unspecified atom stereocenters. The minimum absolute atomic E-state index is 0. The van der Waals surface area contributed by atoms with Crippen molar-refractivity contribution < 1.29 is 54.0 Å². The molecule has 2 aromatic carbocycles. The Morgan fingerprint density at radius 3 is 1.23 bits per heavy atom. The van der Waals surface area contributed by atoms with E-state index < -0.39 is 0 Å². The van der Waals surface area contributed by atoms with E-state index in [4.69, 9.17) is 15.0 Å². The molecule has 0 fully saturated rings. The van der Waals surface area contributed by atoms with Crippen molar-refractivity contribution in [2.75, 3.05) is 0 Å². The summed E-state index contributed by atoms with van der Waals surface area (Å²) in [6.07, 6.45) is 7.64. The molecular formula is C28H33Cl3CoN3. The van der Waals surface area contributed by atoms with Gasteiger partial charge < -0.3 is 37.2 Å². The Labute approximate surface area is 239 Å². The predicted octanol–water partition coefficient (Wildman–Crippen LogP) is -1.85. The Morgan fingerprint density at radius 2 is 0.943 bits per heavy atom. The normalized spacial score (nSPS) is 10.3. The van der Waals surface area contributed by atoms with Gasteiger partial charge in [0.2, 0.25) is 0 Å². The van der Waals surface area contributed by atoms with E-state index in [2.05, 4.69) is 83.1 Å². The van der Waals surface area contributed by atoms with Crippen LogP contribution in [0.15, 0.2) is 58.5 Å². The molecule has 7 heteroatoms. The van der Waals surface area contributed by atoms with Crippen LogP contribution in [-0.4, -0.2) is 17.4 Å². The number of aliphatic imine (C=N–C) groups is 2. The number of para-hydroxylation sites is 2. The standard InChI is InChI=1S/C28H33N3.3ClH.Co/c1-6-21-12-10-13-22(7-2)27(21)29-18-25-16-20(5)17-26(31-25)19-30-28-23(8-3)14-11-15-24(28)9-4;;;;/h10-19H,6-9H2,1-5H3;3*1H;/q;;;;+3/p-3. The number of hydrogen-bond acceptors (Lipinski definition) is 3. The van der Waals surface area contributed by atoms with Crippen LogP contribution in [0.25, 0.3) is 0 Å².